The molecular weight excluding hydrogens is 288 g/mol. The zero-order chi connectivity index (χ0) is 15.3. The fourth-order valence-corrected chi connectivity index (χ4v) is 4.66. The van der Waals surface area contributed by atoms with Crippen molar-refractivity contribution in [2.24, 2.45) is 11.3 Å². The number of hydrogen-bond donors (Lipinski definition) is 1. The first-order valence-electron chi connectivity index (χ1n) is 6.96. The summed E-state index contributed by atoms with van der Waals surface area (Å²) in [5, 5.41) is 0. The summed E-state index contributed by atoms with van der Waals surface area (Å²) >= 11 is 0. The molecule has 0 radical (unpaired) electrons. The summed E-state index contributed by atoms with van der Waals surface area (Å²) in [6.45, 7) is 5.03. The number of nitrogens with zero attached hydrogens (tertiary/aromatic N) is 1. The molecule has 1 fully saturated rings. The predicted molar refractivity (Wildman–Crippen MR) is 79.8 cm³/mol. The van der Waals surface area contributed by atoms with Crippen LogP contribution in [0.25, 0.3) is 0 Å². The van der Waals surface area contributed by atoms with Crippen LogP contribution in [0.1, 0.15) is 12.5 Å². The number of nitrogens with one attached hydrogen (secondary N) is 1. The second kappa shape index (κ2) is 4.83. The van der Waals surface area contributed by atoms with Crippen LogP contribution < -0.4 is 5.48 Å². The van der Waals surface area contributed by atoms with Crippen molar-refractivity contribution < 1.29 is 13.3 Å². The molecule has 0 amide bonds. The lowest BCUT2D eigenvalue weighted by molar-refractivity contribution is 0.0795. The minimum atomic E-state index is -3.43. The first kappa shape index (κ1) is 14.6. The molecule has 2 aliphatic rings. The third-order valence-electron chi connectivity index (χ3n) is 4.58. The molecule has 5 nitrogen and oxygen atoms in total. The standard InChI is InChI=1S/C15H20N2O3S/c1-11-4-6-13(7-5-11)21(18,19)17-9-12-8-14(16-20-3)15(12,2)10-17/h4-8,12,16H,9-10H2,1-3H3. The minimum absolute atomic E-state index is 0.173. The molecule has 2 unspecified atom stereocenters. The lowest BCUT2D eigenvalue weighted by atomic mass is 9.68. The van der Waals surface area contributed by atoms with Crippen LogP contribution in [0, 0.1) is 18.3 Å². The molecule has 1 aliphatic carbocycles. The van der Waals surface area contributed by atoms with Gasteiger partial charge in [-0.1, -0.05) is 30.7 Å². The van der Waals surface area contributed by atoms with Crippen molar-refractivity contribution in [3.8, 4) is 0 Å². The summed E-state index contributed by atoms with van der Waals surface area (Å²) in [7, 11) is -1.86. The highest BCUT2D eigenvalue weighted by atomic mass is 32.2. The van der Waals surface area contributed by atoms with Crippen LogP contribution in [-0.2, 0) is 14.9 Å². The van der Waals surface area contributed by atoms with Crippen LogP contribution >= 0.6 is 0 Å². The normalized spacial score (nSPS) is 28.7. The Hall–Kier alpha value is -1.37. The van der Waals surface area contributed by atoms with Gasteiger partial charge in [0.05, 0.1) is 12.0 Å². The van der Waals surface area contributed by atoms with Gasteiger partial charge in [-0.05, 0) is 19.1 Å². The Kier molecular flexibility index (Phi) is 3.35. The highest BCUT2D eigenvalue weighted by molar-refractivity contribution is 7.89. The van der Waals surface area contributed by atoms with E-state index in [0.29, 0.717) is 18.0 Å². The predicted octanol–water partition coefficient (Wildman–Crippen LogP) is 1.67. The van der Waals surface area contributed by atoms with E-state index in [1.807, 2.05) is 25.1 Å². The third-order valence-corrected chi connectivity index (χ3v) is 6.40. The van der Waals surface area contributed by atoms with E-state index in [-0.39, 0.29) is 11.3 Å². The van der Waals surface area contributed by atoms with E-state index in [4.69, 9.17) is 4.84 Å². The molecule has 0 aromatic heterocycles. The van der Waals surface area contributed by atoms with E-state index in [0.717, 1.165) is 11.3 Å². The molecule has 1 N–H and O–H groups in total. The summed E-state index contributed by atoms with van der Waals surface area (Å²) in [4.78, 5) is 5.31. The van der Waals surface area contributed by atoms with Gasteiger partial charge in [0.1, 0.15) is 0 Å². The van der Waals surface area contributed by atoms with Crippen LogP contribution in [-0.4, -0.2) is 32.9 Å². The Morgan fingerprint density at radius 1 is 1.33 bits per heavy atom. The summed E-state index contributed by atoms with van der Waals surface area (Å²) in [6.07, 6.45) is 2.05. The molecule has 0 bridgehead atoms. The van der Waals surface area contributed by atoms with Crippen molar-refractivity contribution in [1.29, 1.82) is 0 Å². The maximum absolute atomic E-state index is 12.7. The van der Waals surface area contributed by atoms with E-state index in [2.05, 4.69) is 12.4 Å². The maximum atomic E-state index is 12.7. The SMILES string of the molecule is CONC1=CC2CN(S(=O)(=O)c3ccc(C)cc3)CC12C. The van der Waals surface area contributed by atoms with Crippen molar-refractivity contribution >= 4 is 10.0 Å². The van der Waals surface area contributed by atoms with Gasteiger partial charge in [-0.3, -0.25) is 10.3 Å². The second-order valence-corrected chi connectivity index (χ2v) is 7.96. The highest BCUT2D eigenvalue weighted by Gasteiger charge is 2.54. The molecule has 21 heavy (non-hydrogen) atoms. The van der Waals surface area contributed by atoms with Crippen LogP contribution in [0.3, 0.4) is 0 Å². The number of rotatable bonds is 4. The highest BCUT2D eigenvalue weighted by Crippen LogP contribution is 2.50. The van der Waals surface area contributed by atoms with Gasteiger partial charge >= 0.3 is 0 Å². The first-order chi connectivity index (χ1) is 9.88. The molecule has 3 rings (SSSR count). The van der Waals surface area contributed by atoms with E-state index in [1.165, 1.54) is 0 Å². The first-order valence-corrected chi connectivity index (χ1v) is 8.40. The summed E-state index contributed by atoms with van der Waals surface area (Å²) in [5.41, 5.74) is 4.70. The minimum Gasteiger partial charge on any atom is -0.280 e. The average Bonchev–Trinajstić information content (AvgIpc) is 2.71. The molecule has 1 aliphatic heterocycles. The van der Waals surface area contributed by atoms with Gasteiger partial charge in [0.2, 0.25) is 10.0 Å². The van der Waals surface area contributed by atoms with Crippen molar-refractivity contribution in [2.75, 3.05) is 20.2 Å². The van der Waals surface area contributed by atoms with Crippen LogP contribution in [0.5, 0.6) is 0 Å². The third kappa shape index (κ3) is 2.18. The number of fused-ring (bicyclic) bond motifs is 1. The van der Waals surface area contributed by atoms with Crippen LogP contribution in [0.2, 0.25) is 0 Å². The fourth-order valence-electron chi connectivity index (χ4n) is 3.09. The fraction of sp³-hybridized carbons (Fsp3) is 0.467. The zero-order valence-electron chi connectivity index (χ0n) is 12.5. The van der Waals surface area contributed by atoms with Gasteiger partial charge in [-0.2, -0.15) is 4.31 Å². The lowest BCUT2D eigenvalue weighted by Crippen LogP contribution is -2.42. The largest absolute Gasteiger partial charge is 0.280 e. The summed E-state index contributed by atoms with van der Waals surface area (Å²) < 4.78 is 27.0. The Labute approximate surface area is 125 Å². The van der Waals surface area contributed by atoms with Crippen LogP contribution in [0.4, 0.5) is 0 Å². The van der Waals surface area contributed by atoms with Gasteiger partial charge in [0.25, 0.3) is 0 Å². The Morgan fingerprint density at radius 3 is 2.62 bits per heavy atom. The summed E-state index contributed by atoms with van der Waals surface area (Å²) in [6, 6.07) is 7.01. The number of hydroxylamine groups is 1. The molecule has 0 spiro atoms. The second-order valence-electron chi connectivity index (χ2n) is 6.02. The molecule has 1 saturated heterocycles. The van der Waals surface area contributed by atoms with E-state index < -0.39 is 10.0 Å². The van der Waals surface area contributed by atoms with Crippen molar-refractivity contribution in [2.45, 2.75) is 18.7 Å². The molecular formula is C15H20N2O3S. The van der Waals surface area contributed by atoms with E-state index >= 15 is 0 Å². The monoisotopic (exact) mass is 308 g/mol. The number of aryl methyl sites for hydroxylation is 1. The lowest BCUT2D eigenvalue weighted by Gasteiger charge is -2.40. The topological polar surface area (TPSA) is 58.6 Å². The smallest absolute Gasteiger partial charge is 0.243 e. The summed E-state index contributed by atoms with van der Waals surface area (Å²) in [5.74, 6) is 0.246. The molecule has 2 atom stereocenters. The maximum Gasteiger partial charge on any atom is 0.243 e. The molecule has 1 aromatic carbocycles. The van der Waals surface area contributed by atoms with Crippen molar-refractivity contribution in [1.82, 2.24) is 9.79 Å². The quantitative estimate of drug-likeness (QED) is 0.860. The molecule has 1 heterocycles. The molecule has 6 heteroatoms. The van der Waals surface area contributed by atoms with Gasteiger partial charge < -0.3 is 0 Å². The van der Waals surface area contributed by atoms with Crippen LogP contribution in [0.15, 0.2) is 40.9 Å². The van der Waals surface area contributed by atoms with E-state index in [1.54, 1.807) is 23.5 Å². The average molecular weight is 308 g/mol. The Morgan fingerprint density at radius 2 is 2.00 bits per heavy atom. The van der Waals surface area contributed by atoms with Crippen molar-refractivity contribution in [3.05, 3.63) is 41.6 Å². The number of benzene rings is 1. The van der Waals surface area contributed by atoms with Gasteiger partial charge in [0.15, 0.2) is 0 Å². The van der Waals surface area contributed by atoms with Gasteiger partial charge in [-0.15, -0.1) is 0 Å². The number of hydrogen-bond acceptors (Lipinski definition) is 4. The zero-order valence-corrected chi connectivity index (χ0v) is 13.3. The Bertz CT molecular complexity index is 681. The molecule has 0 saturated carbocycles. The van der Waals surface area contributed by atoms with Crippen molar-refractivity contribution in [3.63, 3.8) is 0 Å². The van der Waals surface area contributed by atoms with E-state index in [9.17, 15) is 8.42 Å². The van der Waals surface area contributed by atoms with Gasteiger partial charge in [0, 0.05) is 30.1 Å². The molecule has 1 aromatic rings. The molecule has 114 valence electrons. The van der Waals surface area contributed by atoms with Gasteiger partial charge in [-0.25, -0.2) is 8.42 Å². The Balaban J connectivity index is 1.83. The number of sulfonamides is 1.